The Balaban J connectivity index is 2.08. The highest BCUT2D eigenvalue weighted by Crippen LogP contribution is 2.28. The summed E-state index contributed by atoms with van der Waals surface area (Å²) < 4.78 is 5.75. The molecule has 0 aliphatic heterocycles. The van der Waals surface area contributed by atoms with E-state index in [0.717, 1.165) is 22.3 Å². The van der Waals surface area contributed by atoms with Gasteiger partial charge in [0.05, 0.1) is 0 Å². The van der Waals surface area contributed by atoms with Crippen LogP contribution in [0.25, 0.3) is 11.0 Å². The lowest BCUT2D eigenvalue weighted by Crippen LogP contribution is -2.01. The van der Waals surface area contributed by atoms with Gasteiger partial charge >= 0.3 is 0 Å². The van der Waals surface area contributed by atoms with Crippen molar-refractivity contribution in [3.8, 4) is 0 Å². The summed E-state index contributed by atoms with van der Waals surface area (Å²) in [6.07, 6.45) is -0.513. The SMILES string of the molecule is Cc1cccc2cc(C(O)CSCC(C)C)oc12. The summed E-state index contributed by atoms with van der Waals surface area (Å²) in [6.45, 7) is 6.39. The Hall–Kier alpha value is -0.930. The van der Waals surface area contributed by atoms with E-state index < -0.39 is 6.10 Å². The van der Waals surface area contributed by atoms with E-state index in [0.29, 0.717) is 17.4 Å². The maximum absolute atomic E-state index is 10.1. The minimum atomic E-state index is -0.513. The van der Waals surface area contributed by atoms with Gasteiger partial charge in [-0.3, -0.25) is 0 Å². The lowest BCUT2D eigenvalue weighted by molar-refractivity contribution is 0.176. The van der Waals surface area contributed by atoms with Crippen LogP contribution in [0.4, 0.5) is 0 Å². The van der Waals surface area contributed by atoms with Crippen LogP contribution in [0.15, 0.2) is 28.7 Å². The quantitative estimate of drug-likeness (QED) is 0.880. The number of hydrogen-bond acceptors (Lipinski definition) is 3. The van der Waals surface area contributed by atoms with Gasteiger partial charge in [0.1, 0.15) is 17.4 Å². The molecule has 0 fully saturated rings. The van der Waals surface area contributed by atoms with Gasteiger partial charge in [-0.05, 0) is 30.2 Å². The van der Waals surface area contributed by atoms with Crippen molar-refractivity contribution in [2.45, 2.75) is 26.9 Å². The van der Waals surface area contributed by atoms with Crippen LogP contribution in [0, 0.1) is 12.8 Å². The van der Waals surface area contributed by atoms with E-state index in [-0.39, 0.29) is 0 Å². The first-order valence-corrected chi connectivity index (χ1v) is 7.48. The summed E-state index contributed by atoms with van der Waals surface area (Å²) in [6, 6.07) is 8.00. The fraction of sp³-hybridized carbons (Fsp3) is 0.467. The zero-order valence-electron chi connectivity index (χ0n) is 11.1. The molecule has 1 heterocycles. The van der Waals surface area contributed by atoms with Crippen LogP contribution >= 0.6 is 11.8 Å². The molecular weight excluding hydrogens is 244 g/mol. The number of furan rings is 1. The predicted octanol–water partition coefficient (Wildman–Crippen LogP) is 4.16. The Morgan fingerprint density at radius 2 is 2.06 bits per heavy atom. The maximum atomic E-state index is 10.1. The second-order valence-electron chi connectivity index (χ2n) is 5.09. The first kappa shape index (κ1) is 13.5. The van der Waals surface area contributed by atoms with Gasteiger partial charge in [-0.1, -0.05) is 32.0 Å². The van der Waals surface area contributed by atoms with Crippen molar-refractivity contribution >= 4 is 22.7 Å². The Morgan fingerprint density at radius 1 is 1.28 bits per heavy atom. The number of thioether (sulfide) groups is 1. The van der Waals surface area contributed by atoms with Crippen LogP contribution < -0.4 is 0 Å². The van der Waals surface area contributed by atoms with Gasteiger partial charge in [0, 0.05) is 11.1 Å². The van der Waals surface area contributed by atoms with Crippen molar-refractivity contribution in [3.05, 3.63) is 35.6 Å². The zero-order valence-corrected chi connectivity index (χ0v) is 12.0. The highest BCUT2D eigenvalue weighted by Gasteiger charge is 2.14. The number of para-hydroxylation sites is 1. The van der Waals surface area contributed by atoms with Crippen molar-refractivity contribution in [2.75, 3.05) is 11.5 Å². The van der Waals surface area contributed by atoms with E-state index in [4.69, 9.17) is 4.42 Å². The van der Waals surface area contributed by atoms with E-state index in [1.54, 1.807) is 11.8 Å². The van der Waals surface area contributed by atoms with Gasteiger partial charge in [0.15, 0.2) is 0 Å². The average molecular weight is 264 g/mol. The molecule has 0 aliphatic rings. The molecule has 1 N–H and O–H groups in total. The van der Waals surface area contributed by atoms with E-state index in [1.807, 2.05) is 31.2 Å². The van der Waals surface area contributed by atoms with Crippen molar-refractivity contribution < 1.29 is 9.52 Å². The summed E-state index contributed by atoms with van der Waals surface area (Å²) in [7, 11) is 0. The molecule has 2 rings (SSSR count). The lowest BCUT2D eigenvalue weighted by Gasteiger charge is -2.08. The number of rotatable bonds is 5. The highest BCUT2D eigenvalue weighted by atomic mass is 32.2. The molecule has 0 bridgehead atoms. The number of fused-ring (bicyclic) bond motifs is 1. The first-order valence-electron chi connectivity index (χ1n) is 6.33. The fourth-order valence-electron chi connectivity index (χ4n) is 1.89. The first-order chi connectivity index (χ1) is 8.58. The molecule has 0 radical (unpaired) electrons. The topological polar surface area (TPSA) is 33.4 Å². The minimum Gasteiger partial charge on any atom is -0.458 e. The molecule has 1 unspecified atom stereocenters. The summed E-state index contributed by atoms with van der Waals surface area (Å²) in [4.78, 5) is 0. The summed E-state index contributed by atoms with van der Waals surface area (Å²) >= 11 is 1.77. The van der Waals surface area contributed by atoms with Gasteiger partial charge in [0.2, 0.25) is 0 Å². The number of aliphatic hydroxyl groups is 1. The molecule has 1 aromatic heterocycles. The lowest BCUT2D eigenvalue weighted by atomic mass is 10.2. The fourth-order valence-corrected chi connectivity index (χ4v) is 2.89. The van der Waals surface area contributed by atoms with E-state index in [2.05, 4.69) is 13.8 Å². The Labute approximate surface area is 112 Å². The van der Waals surface area contributed by atoms with Crippen LogP contribution in [-0.2, 0) is 0 Å². The van der Waals surface area contributed by atoms with Crippen molar-refractivity contribution in [2.24, 2.45) is 5.92 Å². The Kier molecular flexibility index (Phi) is 4.36. The molecule has 2 nitrogen and oxygen atoms in total. The van der Waals surface area contributed by atoms with E-state index in [1.165, 1.54) is 0 Å². The number of hydrogen-bond donors (Lipinski definition) is 1. The van der Waals surface area contributed by atoms with Crippen LogP contribution in [0.5, 0.6) is 0 Å². The van der Waals surface area contributed by atoms with Crippen LogP contribution in [0.3, 0.4) is 0 Å². The largest absolute Gasteiger partial charge is 0.458 e. The predicted molar refractivity (Wildman–Crippen MR) is 78.1 cm³/mol. The van der Waals surface area contributed by atoms with Gasteiger partial charge < -0.3 is 9.52 Å². The van der Waals surface area contributed by atoms with Gasteiger partial charge in [0.25, 0.3) is 0 Å². The van der Waals surface area contributed by atoms with Gasteiger partial charge in [-0.15, -0.1) is 0 Å². The Bertz CT molecular complexity index is 516. The molecule has 98 valence electrons. The van der Waals surface area contributed by atoms with E-state index >= 15 is 0 Å². The number of aliphatic hydroxyl groups excluding tert-OH is 1. The van der Waals surface area contributed by atoms with Gasteiger partial charge in [-0.25, -0.2) is 0 Å². The molecule has 1 atom stereocenters. The smallest absolute Gasteiger partial charge is 0.137 e. The average Bonchev–Trinajstić information content (AvgIpc) is 2.74. The molecule has 2 aromatic rings. The van der Waals surface area contributed by atoms with Crippen molar-refractivity contribution in [3.63, 3.8) is 0 Å². The third-order valence-corrected chi connectivity index (χ3v) is 4.27. The van der Waals surface area contributed by atoms with E-state index in [9.17, 15) is 5.11 Å². The van der Waals surface area contributed by atoms with Crippen LogP contribution in [0.1, 0.15) is 31.3 Å². The molecule has 1 aromatic carbocycles. The molecule has 0 aliphatic carbocycles. The summed E-state index contributed by atoms with van der Waals surface area (Å²) in [5, 5.41) is 11.2. The summed E-state index contributed by atoms with van der Waals surface area (Å²) in [5.74, 6) is 3.09. The molecule has 0 saturated heterocycles. The monoisotopic (exact) mass is 264 g/mol. The number of aryl methyl sites for hydroxylation is 1. The van der Waals surface area contributed by atoms with Crippen molar-refractivity contribution in [1.29, 1.82) is 0 Å². The zero-order chi connectivity index (χ0) is 13.1. The van der Waals surface area contributed by atoms with Crippen molar-refractivity contribution in [1.82, 2.24) is 0 Å². The molecule has 3 heteroatoms. The Morgan fingerprint density at radius 3 is 2.72 bits per heavy atom. The van der Waals surface area contributed by atoms with Gasteiger partial charge in [-0.2, -0.15) is 11.8 Å². The molecule has 18 heavy (non-hydrogen) atoms. The second kappa shape index (κ2) is 5.81. The normalized spacial score (nSPS) is 13.4. The standard InChI is InChI=1S/C15H20O2S/c1-10(2)8-18-9-13(16)14-7-12-6-4-5-11(3)15(12)17-14/h4-7,10,13,16H,8-9H2,1-3H3. The highest BCUT2D eigenvalue weighted by molar-refractivity contribution is 7.99. The maximum Gasteiger partial charge on any atom is 0.137 e. The van der Waals surface area contributed by atoms with Crippen LogP contribution in [-0.4, -0.2) is 16.6 Å². The molecule has 0 spiro atoms. The summed E-state index contributed by atoms with van der Waals surface area (Å²) in [5.41, 5.74) is 2.00. The molecule has 0 amide bonds. The second-order valence-corrected chi connectivity index (χ2v) is 6.16. The third-order valence-electron chi connectivity index (χ3n) is 2.82. The molecule has 0 saturated carbocycles. The molecular formula is C15H20O2S. The van der Waals surface area contributed by atoms with Crippen LogP contribution in [0.2, 0.25) is 0 Å². The minimum absolute atomic E-state index is 0.513. The number of benzene rings is 1. The third kappa shape index (κ3) is 3.09.